The molecule has 0 spiro atoms. The minimum atomic E-state index is -0.853. The summed E-state index contributed by atoms with van der Waals surface area (Å²) in [5.74, 6) is -0.330. The minimum absolute atomic E-state index is 0.0301. The largest absolute Gasteiger partial charge is 0.495 e. The highest BCUT2D eigenvalue weighted by Gasteiger charge is 2.35. The lowest BCUT2D eigenvalue weighted by Gasteiger charge is -2.26. The molecule has 2 aromatic carbocycles. The lowest BCUT2D eigenvalue weighted by Crippen LogP contribution is -2.28. The number of hydrogen-bond donors (Lipinski definition) is 1. The second-order valence-electron chi connectivity index (χ2n) is 5.83. The normalized spacial score (nSPS) is 18.2. The van der Waals surface area contributed by atoms with Crippen molar-refractivity contribution in [2.24, 2.45) is 0 Å². The molecule has 1 amide bonds. The van der Waals surface area contributed by atoms with E-state index in [1.54, 1.807) is 30.7 Å². The third kappa shape index (κ3) is 3.35. The van der Waals surface area contributed by atoms with Crippen LogP contribution in [0, 0.1) is 0 Å². The summed E-state index contributed by atoms with van der Waals surface area (Å²) in [5, 5.41) is 8.97. The van der Waals surface area contributed by atoms with Gasteiger partial charge in [-0.3, -0.25) is 14.5 Å². The number of rotatable bonds is 5. The van der Waals surface area contributed by atoms with E-state index >= 15 is 0 Å². The second kappa shape index (κ2) is 7.19. The number of anilines is 1. The molecular weight excluding hydrogens is 338 g/mol. The van der Waals surface area contributed by atoms with Gasteiger partial charge in [-0.25, -0.2) is 0 Å². The highest BCUT2D eigenvalue weighted by molar-refractivity contribution is 8.00. The number of amides is 1. The van der Waals surface area contributed by atoms with Crippen LogP contribution in [0.3, 0.4) is 0 Å². The van der Waals surface area contributed by atoms with Gasteiger partial charge in [0.1, 0.15) is 11.1 Å². The molecule has 0 bridgehead atoms. The van der Waals surface area contributed by atoms with Crippen molar-refractivity contribution < 1.29 is 19.4 Å². The molecule has 2 aromatic rings. The summed E-state index contributed by atoms with van der Waals surface area (Å²) in [6.07, 6.45) is 0. The summed E-state index contributed by atoms with van der Waals surface area (Å²) in [4.78, 5) is 25.3. The van der Waals surface area contributed by atoms with Gasteiger partial charge in [0.05, 0.1) is 24.5 Å². The molecule has 5 nitrogen and oxygen atoms in total. The van der Waals surface area contributed by atoms with E-state index in [2.05, 4.69) is 0 Å². The molecule has 1 heterocycles. The first-order chi connectivity index (χ1) is 12.0. The van der Waals surface area contributed by atoms with E-state index in [9.17, 15) is 9.59 Å². The van der Waals surface area contributed by atoms with E-state index in [1.165, 1.54) is 0 Å². The van der Waals surface area contributed by atoms with Gasteiger partial charge in [-0.2, -0.15) is 0 Å². The number of thioether (sulfide) groups is 1. The van der Waals surface area contributed by atoms with Gasteiger partial charge in [0, 0.05) is 0 Å². The number of hydrogen-bond acceptors (Lipinski definition) is 4. The van der Waals surface area contributed by atoms with Crippen molar-refractivity contribution in [3.8, 4) is 5.75 Å². The minimum Gasteiger partial charge on any atom is -0.495 e. The predicted octanol–water partition coefficient (Wildman–Crippen LogP) is 3.66. The Balaban J connectivity index is 1.93. The SMILES string of the molecule is COc1ccccc1N1C(=O)CSC1c1ccc(C(C)C(=O)O)cc1. The zero-order valence-corrected chi connectivity index (χ0v) is 14.8. The number of ether oxygens (including phenoxy) is 1. The van der Waals surface area contributed by atoms with E-state index in [-0.39, 0.29) is 11.3 Å². The van der Waals surface area contributed by atoms with Crippen molar-refractivity contribution >= 4 is 29.3 Å². The molecule has 0 radical (unpaired) electrons. The van der Waals surface area contributed by atoms with Crippen LogP contribution in [-0.2, 0) is 9.59 Å². The molecule has 2 atom stereocenters. The predicted molar refractivity (Wildman–Crippen MR) is 98.2 cm³/mol. The molecule has 0 saturated carbocycles. The molecule has 1 fully saturated rings. The molecule has 130 valence electrons. The third-order valence-corrected chi connectivity index (χ3v) is 5.52. The van der Waals surface area contributed by atoms with E-state index < -0.39 is 11.9 Å². The first-order valence-electron chi connectivity index (χ1n) is 7.92. The Morgan fingerprint density at radius 2 is 1.92 bits per heavy atom. The molecule has 1 aliphatic heterocycles. The zero-order valence-electron chi connectivity index (χ0n) is 14.0. The number of carbonyl (C=O) groups excluding carboxylic acids is 1. The van der Waals surface area contributed by atoms with E-state index in [0.717, 1.165) is 16.8 Å². The lowest BCUT2D eigenvalue weighted by molar-refractivity contribution is -0.138. The summed E-state index contributed by atoms with van der Waals surface area (Å²) >= 11 is 1.55. The summed E-state index contributed by atoms with van der Waals surface area (Å²) in [7, 11) is 1.59. The first kappa shape index (κ1) is 17.4. The van der Waals surface area contributed by atoms with Crippen LogP contribution in [0.4, 0.5) is 5.69 Å². The molecule has 6 heteroatoms. The molecule has 1 aliphatic rings. The monoisotopic (exact) mass is 357 g/mol. The van der Waals surface area contributed by atoms with E-state index in [4.69, 9.17) is 9.84 Å². The van der Waals surface area contributed by atoms with E-state index in [1.807, 2.05) is 48.5 Å². The Morgan fingerprint density at radius 1 is 1.24 bits per heavy atom. The van der Waals surface area contributed by atoms with Gasteiger partial charge in [0.25, 0.3) is 0 Å². The van der Waals surface area contributed by atoms with Gasteiger partial charge in [0.15, 0.2) is 0 Å². The van der Waals surface area contributed by atoms with Crippen LogP contribution in [0.2, 0.25) is 0 Å². The average molecular weight is 357 g/mol. The van der Waals surface area contributed by atoms with Crippen LogP contribution >= 0.6 is 11.8 Å². The van der Waals surface area contributed by atoms with Crippen molar-refractivity contribution in [1.82, 2.24) is 0 Å². The second-order valence-corrected chi connectivity index (χ2v) is 6.89. The Bertz CT molecular complexity index is 790. The first-order valence-corrected chi connectivity index (χ1v) is 8.97. The van der Waals surface area contributed by atoms with Gasteiger partial charge in [-0.1, -0.05) is 36.4 Å². The maximum atomic E-state index is 12.5. The van der Waals surface area contributed by atoms with Gasteiger partial charge < -0.3 is 9.84 Å². The molecule has 3 rings (SSSR count). The molecule has 0 aromatic heterocycles. The van der Waals surface area contributed by atoms with Crippen LogP contribution in [0.5, 0.6) is 5.75 Å². The highest BCUT2D eigenvalue weighted by atomic mass is 32.2. The van der Waals surface area contributed by atoms with Crippen LogP contribution in [0.15, 0.2) is 48.5 Å². The van der Waals surface area contributed by atoms with Crippen LogP contribution in [0.1, 0.15) is 29.3 Å². The van der Waals surface area contributed by atoms with Gasteiger partial charge in [-0.15, -0.1) is 11.8 Å². The van der Waals surface area contributed by atoms with Gasteiger partial charge in [0.2, 0.25) is 5.91 Å². The maximum Gasteiger partial charge on any atom is 0.310 e. The number of carboxylic acids is 1. The zero-order chi connectivity index (χ0) is 18.0. The fourth-order valence-corrected chi connectivity index (χ4v) is 4.02. The van der Waals surface area contributed by atoms with E-state index in [0.29, 0.717) is 11.5 Å². The molecular formula is C19H19NO4S. The Labute approximate surface area is 150 Å². The standard InChI is InChI=1S/C19H19NO4S/c1-12(19(22)23)13-7-9-14(10-8-13)18-20(17(21)11-25-18)15-5-3-4-6-16(15)24-2/h3-10,12,18H,11H2,1-2H3,(H,22,23). The Kier molecular flexibility index (Phi) is 4.99. The van der Waals surface area contributed by atoms with Crippen molar-refractivity contribution in [2.45, 2.75) is 18.2 Å². The number of methoxy groups -OCH3 is 1. The fourth-order valence-electron chi connectivity index (χ4n) is 2.85. The third-order valence-electron chi connectivity index (χ3n) is 4.30. The van der Waals surface area contributed by atoms with Crippen LogP contribution in [0.25, 0.3) is 0 Å². The Morgan fingerprint density at radius 3 is 2.56 bits per heavy atom. The summed E-state index contributed by atoms with van der Waals surface area (Å²) in [6, 6.07) is 14.9. The summed E-state index contributed by atoms with van der Waals surface area (Å²) in [6.45, 7) is 1.66. The maximum absolute atomic E-state index is 12.5. The number of para-hydroxylation sites is 2. The smallest absolute Gasteiger partial charge is 0.310 e. The van der Waals surface area contributed by atoms with Gasteiger partial charge in [-0.05, 0) is 30.2 Å². The van der Waals surface area contributed by atoms with Crippen molar-refractivity contribution in [1.29, 1.82) is 0 Å². The number of nitrogens with zero attached hydrogens (tertiary/aromatic N) is 1. The number of carbonyl (C=O) groups is 2. The van der Waals surface area contributed by atoms with Gasteiger partial charge >= 0.3 is 5.97 Å². The average Bonchev–Trinajstić information content (AvgIpc) is 3.02. The number of benzene rings is 2. The van der Waals surface area contributed by atoms with Crippen LogP contribution < -0.4 is 9.64 Å². The van der Waals surface area contributed by atoms with Crippen molar-refractivity contribution in [2.75, 3.05) is 17.8 Å². The summed E-state index contributed by atoms with van der Waals surface area (Å²) < 4.78 is 5.40. The molecule has 2 unspecified atom stereocenters. The highest BCUT2D eigenvalue weighted by Crippen LogP contribution is 2.44. The van der Waals surface area contributed by atoms with Crippen LogP contribution in [-0.4, -0.2) is 29.8 Å². The molecule has 1 saturated heterocycles. The molecule has 0 aliphatic carbocycles. The topological polar surface area (TPSA) is 66.8 Å². The number of aliphatic carboxylic acids is 1. The van der Waals surface area contributed by atoms with Crippen molar-refractivity contribution in [3.05, 3.63) is 59.7 Å². The Hall–Kier alpha value is -2.47. The lowest BCUT2D eigenvalue weighted by atomic mass is 10.00. The molecule has 1 N–H and O–H groups in total. The molecule has 25 heavy (non-hydrogen) atoms. The fraction of sp³-hybridized carbons (Fsp3) is 0.263. The quantitative estimate of drug-likeness (QED) is 0.884. The number of carboxylic acid groups (broad SMARTS) is 1. The van der Waals surface area contributed by atoms with Crippen molar-refractivity contribution in [3.63, 3.8) is 0 Å². The summed E-state index contributed by atoms with van der Waals surface area (Å²) in [5.41, 5.74) is 2.45.